The lowest BCUT2D eigenvalue weighted by molar-refractivity contribution is 0.103. The van der Waals surface area contributed by atoms with E-state index in [4.69, 9.17) is 0 Å². The highest BCUT2D eigenvalue weighted by atomic mass is 16.1. The van der Waals surface area contributed by atoms with Crippen LogP contribution in [0.15, 0.2) is 84.0 Å². The maximum absolute atomic E-state index is 13.0. The molecule has 2 aromatic heterocycles. The zero-order valence-electron chi connectivity index (χ0n) is 14.9. The van der Waals surface area contributed by atoms with Crippen LogP contribution in [0, 0.1) is 6.92 Å². The molecule has 0 unspecified atom stereocenters. The highest BCUT2D eigenvalue weighted by Crippen LogP contribution is 2.16. The molecule has 0 N–H and O–H groups in total. The minimum Gasteiger partial charge on any atom is -0.342 e. The fourth-order valence-corrected chi connectivity index (χ4v) is 3.30. The molecule has 0 radical (unpaired) electrons. The molecule has 2 aromatic carbocycles. The Hall–Kier alpha value is -3.53. The second-order valence-electron chi connectivity index (χ2n) is 6.57. The van der Waals surface area contributed by atoms with E-state index in [9.17, 15) is 9.59 Å². The van der Waals surface area contributed by atoms with E-state index in [2.05, 4.69) is 11.1 Å². The Morgan fingerprint density at radius 3 is 2.56 bits per heavy atom. The average Bonchev–Trinajstić information content (AvgIpc) is 2.70. The van der Waals surface area contributed by atoms with Gasteiger partial charge in [-0.25, -0.2) is 0 Å². The molecule has 0 spiro atoms. The SMILES string of the molecule is Cc1cccc(Cn2cc(C(=O)c3ccncc3)c(=O)c3ccccc32)c1. The summed E-state index contributed by atoms with van der Waals surface area (Å²) in [6.45, 7) is 2.63. The molecule has 2 heterocycles. The number of benzene rings is 2. The molecule has 0 aliphatic carbocycles. The lowest BCUT2D eigenvalue weighted by atomic mass is 10.0. The quantitative estimate of drug-likeness (QED) is 0.521. The normalized spacial score (nSPS) is 10.9. The lowest BCUT2D eigenvalue weighted by Crippen LogP contribution is -2.20. The fourth-order valence-electron chi connectivity index (χ4n) is 3.30. The number of carbonyl (C=O) groups excluding carboxylic acids is 1. The molecular weight excluding hydrogens is 336 g/mol. The van der Waals surface area contributed by atoms with Gasteiger partial charge in [0, 0.05) is 36.1 Å². The van der Waals surface area contributed by atoms with Gasteiger partial charge in [-0.3, -0.25) is 14.6 Å². The largest absolute Gasteiger partial charge is 0.342 e. The van der Waals surface area contributed by atoms with E-state index in [1.807, 2.05) is 47.9 Å². The van der Waals surface area contributed by atoms with Crippen molar-refractivity contribution in [2.24, 2.45) is 0 Å². The Balaban J connectivity index is 1.89. The second-order valence-corrected chi connectivity index (χ2v) is 6.57. The molecule has 132 valence electrons. The summed E-state index contributed by atoms with van der Waals surface area (Å²) in [7, 11) is 0. The molecule has 4 heteroatoms. The van der Waals surface area contributed by atoms with E-state index in [-0.39, 0.29) is 16.8 Å². The molecule has 0 atom stereocenters. The van der Waals surface area contributed by atoms with Crippen LogP contribution in [0.4, 0.5) is 0 Å². The highest BCUT2D eigenvalue weighted by Gasteiger charge is 2.17. The summed E-state index contributed by atoms with van der Waals surface area (Å²) in [5.41, 5.74) is 3.49. The van der Waals surface area contributed by atoms with E-state index in [0.29, 0.717) is 17.5 Å². The number of ketones is 1. The summed E-state index contributed by atoms with van der Waals surface area (Å²) in [6.07, 6.45) is 4.79. The predicted octanol–water partition coefficient (Wildman–Crippen LogP) is 3.98. The van der Waals surface area contributed by atoms with Crippen molar-refractivity contribution < 1.29 is 4.79 Å². The van der Waals surface area contributed by atoms with Gasteiger partial charge in [0.25, 0.3) is 0 Å². The number of hydrogen-bond donors (Lipinski definition) is 0. The van der Waals surface area contributed by atoms with E-state index >= 15 is 0 Å². The van der Waals surface area contributed by atoms with Crippen molar-refractivity contribution in [2.45, 2.75) is 13.5 Å². The Morgan fingerprint density at radius 1 is 1.00 bits per heavy atom. The van der Waals surface area contributed by atoms with Crippen LogP contribution in [-0.2, 0) is 6.54 Å². The topological polar surface area (TPSA) is 52.0 Å². The van der Waals surface area contributed by atoms with Gasteiger partial charge in [-0.2, -0.15) is 0 Å². The third-order valence-electron chi connectivity index (χ3n) is 4.61. The average molecular weight is 354 g/mol. The predicted molar refractivity (Wildman–Crippen MR) is 106 cm³/mol. The van der Waals surface area contributed by atoms with Gasteiger partial charge in [-0.1, -0.05) is 42.0 Å². The number of fused-ring (bicyclic) bond motifs is 1. The molecule has 4 nitrogen and oxygen atoms in total. The van der Waals surface area contributed by atoms with Crippen molar-refractivity contribution in [3.8, 4) is 0 Å². The van der Waals surface area contributed by atoms with Crippen LogP contribution < -0.4 is 5.43 Å². The molecule has 0 aliphatic heterocycles. The summed E-state index contributed by atoms with van der Waals surface area (Å²) in [5, 5.41) is 0.546. The first-order valence-electron chi connectivity index (χ1n) is 8.76. The number of para-hydroxylation sites is 1. The summed E-state index contributed by atoms with van der Waals surface area (Å²) in [6, 6.07) is 18.9. The smallest absolute Gasteiger partial charge is 0.200 e. The summed E-state index contributed by atoms with van der Waals surface area (Å²) in [4.78, 5) is 29.8. The highest BCUT2D eigenvalue weighted by molar-refractivity contribution is 6.10. The maximum Gasteiger partial charge on any atom is 0.200 e. The van der Waals surface area contributed by atoms with Crippen molar-refractivity contribution in [1.29, 1.82) is 0 Å². The number of aromatic nitrogens is 2. The zero-order chi connectivity index (χ0) is 18.8. The second kappa shape index (κ2) is 7.00. The van der Waals surface area contributed by atoms with Crippen LogP contribution in [0.5, 0.6) is 0 Å². The molecule has 0 saturated heterocycles. The Morgan fingerprint density at radius 2 is 1.78 bits per heavy atom. The number of carbonyl (C=O) groups is 1. The number of nitrogens with zero attached hydrogens (tertiary/aromatic N) is 2. The number of aryl methyl sites for hydroxylation is 1. The number of pyridine rings is 2. The summed E-state index contributed by atoms with van der Waals surface area (Å²) >= 11 is 0. The minimum absolute atomic E-state index is 0.174. The van der Waals surface area contributed by atoms with Crippen LogP contribution in [-0.4, -0.2) is 15.3 Å². The molecule has 4 rings (SSSR count). The third-order valence-corrected chi connectivity index (χ3v) is 4.61. The Labute approximate surface area is 156 Å². The summed E-state index contributed by atoms with van der Waals surface area (Å²) < 4.78 is 1.97. The first kappa shape index (κ1) is 16.9. The molecule has 4 aromatic rings. The first-order valence-corrected chi connectivity index (χ1v) is 8.76. The molecule has 0 saturated carbocycles. The van der Waals surface area contributed by atoms with Crippen LogP contribution in [0.25, 0.3) is 10.9 Å². The lowest BCUT2D eigenvalue weighted by Gasteiger charge is -2.14. The first-order chi connectivity index (χ1) is 13.1. The van der Waals surface area contributed by atoms with E-state index in [1.165, 1.54) is 5.56 Å². The molecule has 0 aliphatic rings. The molecule has 0 amide bonds. The van der Waals surface area contributed by atoms with Crippen LogP contribution in [0.2, 0.25) is 0 Å². The van der Waals surface area contributed by atoms with Gasteiger partial charge in [0.1, 0.15) is 0 Å². The van der Waals surface area contributed by atoms with Gasteiger partial charge in [0.2, 0.25) is 5.43 Å². The van der Waals surface area contributed by atoms with Gasteiger partial charge >= 0.3 is 0 Å². The van der Waals surface area contributed by atoms with Gasteiger partial charge in [-0.15, -0.1) is 0 Å². The molecule has 0 bridgehead atoms. The third kappa shape index (κ3) is 3.29. The van der Waals surface area contributed by atoms with Gasteiger partial charge in [0.05, 0.1) is 11.1 Å². The van der Waals surface area contributed by atoms with Gasteiger partial charge in [0.15, 0.2) is 5.78 Å². The van der Waals surface area contributed by atoms with E-state index in [0.717, 1.165) is 11.1 Å². The number of rotatable bonds is 4. The minimum atomic E-state index is -0.286. The molecule has 0 fully saturated rings. The van der Waals surface area contributed by atoms with Gasteiger partial charge in [-0.05, 0) is 36.8 Å². The van der Waals surface area contributed by atoms with E-state index < -0.39 is 0 Å². The zero-order valence-corrected chi connectivity index (χ0v) is 14.9. The monoisotopic (exact) mass is 354 g/mol. The molecule has 27 heavy (non-hydrogen) atoms. The van der Waals surface area contributed by atoms with Crippen LogP contribution >= 0.6 is 0 Å². The van der Waals surface area contributed by atoms with Crippen molar-refractivity contribution in [1.82, 2.24) is 9.55 Å². The summed E-state index contributed by atoms with van der Waals surface area (Å²) in [5.74, 6) is -0.286. The van der Waals surface area contributed by atoms with Crippen LogP contribution in [0.3, 0.4) is 0 Å². The number of hydrogen-bond acceptors (Lipinski definition) is 3. The fraction of sp³-hybridized carbons (Fsp3) is 0.0870. The maximum atomic E-state index is 13.0. The van der Waals surface area contributed by atoms with Crippen molar-refractivity contribution in [3.05, 3.63) is 112 Å². The van der Waals surface area contributed by atoms with E-state index in [1.54, 1.807) is 36.8 Å². The van der Waals surface area contributed by atoms with Crippen molar-refractivity contribution >= 4 is 16.7 Å². The van der Waals surface area contributed by atoms with Gasteiger partial charge < -0.3 is 4.57 Å². The Kier molecular flexibility index (Phi) is 4.38. The van der Waals surface area contributed by atoms with Crippen molar-refractivity contribution in [2.75, 3.05) is 0 Å². The Bertz CT molecular complexity index is 1190. The van der Waals surface area contributed by atoms with Crippen molar-refractivity contribution in [3.63, 3.8) is 0 Å². The molecular formula is C23H18N2O2. The van der Waals surface area contributed by atoms with Crippen LogP contribution in [0.1, 0.15) is 27.0 Å². The standard InChI is InChI=1S/C23H18N2O2/c1-16-5-4-6-17(13-16)14-25-15-20(22(26)18-9-11-24-12-10-18)23(27)19-7-2-3-8-21(19)25/h2-13,15H,14H2,1H3.